The number of thiophene rings is 1. The summed E-state index contributed by atoms with van der Waals surface area (Å²) in [6, 6.07) is 8.38. The van der Waals surface area contributed by atoms with Gasteiger partial charge in [-0.1, -0.05) is 44.9 Å². The van der Waals surface area contributed by atoms with Crippen LogP contribution in [-0.4, -0.2) is 0 Å². The Morgan fingerprint density at radius 1 is 0.957 bits per heavy atom. The molecule has 0 radical (unpaired) electrons. The lowest BCUT2D eigenvalue weighted by Crippen LogP contribution is -1.96. The zero-order valence-electron chi connectivity index (χ0n) is 14.2. The minimum absolute atomic E-state index is 1.00. The fraction of sp³-hybridized carbons (Fsp3) is 0.429. The van der Waals surface area contributed by atoms with Crippen LogP contribution in [0.4, 0.5) is 0 Å². The fourth-order valence-corrected chi connectivity index (χ4v) is 4.31. The number of aryl methyl sites for hydroxylation is 2. The standard InChI is InChI=1S/C21H26OS/c1-3-5-9-16-15-23-21(12-6-4-2)19(16)13-17-14-22-20-11-8-7-10-18(17)20/h7-8,10-11,14-15H,3-6,9,12-13H2,1-2H3. The topological polar surface area (TPSA) is 13.1 Å². The van der Waals surface area contributed by atoms with Crippen molar-refractivity contribution >= 4 is 22.3 Å². The van der Waals surface area contributed by atoms with E-state index in [1.54, 1.807) is 16.0 Å². The van der Waals surface area contributed by atoms with Gasteiger partial charge in [-0.3, -0.25) is 0 Å². The van der Waals surface area contributed by atoms with Crippen LogP contribution in [-0.2, 0) is 19.3 Å². The SMILES string of the molecule is CCCCc1csc(CCCC)c1Cc1coc2ccccc12. The normalized spacial score (nSPS) is 11.4. The van der Waals surface area contributed by atoms with Gasteiger partial charge in [-0.05, 0) is 48.3 Å². The summed E-state index contributed by atoms with van der Waals surface area (Å²) in [6.07, 6.45) is 10.5. The summed E-state index contributed by atoms with van der Waals surface area (Å²) < 4.78 is 5.74. The zero-order valence-corrected chi connectivity index (χ0v) is 15.0. The Morgan fingerprint density at radius 3 is 2.57 bits per heavy atom. The van der Waals surface area contributed by atoms with E-state index >= 15 is 0 Å². The average molecular weight is 327 g/mol. The van der Waals surface area contributed by atoms with Crippen molar-refractivity contribution in [3.8, 4) is 0 Å². The first kappa shape index (κ1) is 16.3. The number of fused-ring (bicyclic) bond motifs is 1. The number of para-hydroxylation sites is 1. The number of rotatable bonds is 8. The highest BCUT2D eigenvalue weighted by molar-refractivity contribution is 7.10. The van der Waals surface area contributed by atoms with Crippen LogP contribution in [0.1, 0.15) is 61.1 Å². The molecule has 3 rings (SSSR count). The third-order valence-corrected chi connectivity index (χ3v) is 5.69. The molecule has 2 heterocycles. The molecule has 0 saturated heterocycles. The van der Waals surface area contributed by atoms with Crippen LogP contribution in [0.2, 0.25) is 0 Å². The van der Waals surface area contributed by atoms with Gasteiger partial charge in [-0.2, -0.15) is 0 Å². The molecule has 0 unspecified atom stereocenters. The Balaban J connectivity index is 1.91. The second-order valence-electron chi connectivity index (χ2n) is 6.30. The molecule has 1 nitrogen and oxygen atoms in total. The molecule has 3 aromatic rings. The van der Waals surface area contributed by atoms with E-state index in [2.05, 4.69) is 37.4 Å². The smallest absolute Gasteiger partial charge is 0.134 e. The third kappa shape index (κ3) is 3.69. The van der Waals surface area contributed by atoms with Crippen molar-refractivity contribution in [3.63, 3.8) is 0 Å². The van der Waals surface area contributed by atoms with Crippen molar-refractivity contribution in [2.45, 2.75) is 58.8 Å². The van der Waals surface area contributed by atoms with E-state index in [4.69, 9.17) is 4.42 Å². The van der Waals surface area contributed by atoms with Gasteiger partial charge in [0.15, 0.2) is 0 Å². The van der Waals surface area contributed by atoms with Crippen molar-refractivity contribution in [2.24, 2.45) is 0 Å². The van der Waals surface area contributed by atoms with Gasteiger partial charge >= 0.3 is 0 Å². The van der Waals surface area contributed by atoms with Gasteiger partial charge in [-0.25, -0.2) is 0 Å². The third-order valence-electron chi connectivity index (χ3n) is 4.55. The summed E-state index contributed by atoms with van der Waals surface area (Å²) in [5, 5.41) is 3.67. The highest BCUT2D eigenvalue weighted by atomic mass is 32.1. The molecular formula is C21H26OS. The maximum absolute atomic E-state index is 5.74. The maximum Gasteiger partial charge on any atom is 0.134 e. The maximum atomic E-state index is 5.74. The number of unbranched alkanes of at least 4 members (excludes halogenated alkanes) is 2. The molecule has 0 N–H and O–H groups in total. The van der Waals surface area contributed by atoms with Gasteiger partial charge < -0.3 is 4.42 Å². The van der Waals surface area contributed by atoms with E-state index in [1.807, 2.05) is 23.7 Å². The summed E-state index contributed by atoms with van der Waals surface area (Å²) in [5.41, 5.74) is 5.47. The lowest BCUT2D eigenvalue weighted by atomic mass is 9.97. The van der Waals surface area contributed by atoms with Gasteiger partial charge in [0.25, 0.3) is 0 Å². The predicted molar refractivity (Wildman–Crippen MR) is 101 cm³/mol. The van der Waals surface area contributed by atoms with E-state index in [1.165, 1.54) is 49.5 Å². The van der Waals surface area contributed by atoms with Crippen LogP contribution in [0.5, 0.6) is 0 Å². The van der Waals surface area contributed by atoms with E-state index in [0.717, 1.165) is 12.0 Å². The predicted octanol–water partition coefficient (Wildman–Crippen LogP) is 6.77. The van der Waals surface area contributed by atoms with Gasteiger partial charge in [0.05, 0.1) is 6.26 Å². The molecule has 2 aromatic heterocycles. The van der Waals surface area contributed by atoms with E-state index in [0.29, 0.717) is 0 Å². The molecule has 0 amide bonds. The van der Waals surface area contributed by atoms with Gasteiger partial charge in [-0.15, -0.1) is 11.3 Å². The summed E-state index contributed by atoms with van der Waals surface area (Å²) in [5.74, 6) is 0. The molecule has 1 aromatic carbocycles. The molecule has 0 saturated carbocycles. The van der Waals surface area contributed by atoms with Crippen LogP contribution in [0.25, 0.3) is 11.0 Å². The van der Waals surface area contributed by atoms with Crippen molar-refractivity contribution in [1.82, 2.24) is 0 Å². The molecule has 0 fully saturated rings. The molecular weight excluding hydrogens is 300 g/mol. The van der Waals surface area contributed by atoms with Crippen molar-refractivity contribution in [3.05, 3.63) is 57.5 Å². The zero-order chi connectivity index (χ0) is 16.1. The van der Waals surface area contributed by atoms with Gasteiger partial charge in [0.1, 0.15) is 5.58 Å². The van der Waals surface area contributed by atoms with E-state index in [-0.39, 0.29) is 0 Å². The molecule has 0 aliphatic rings. The first-order valence-electron chi connectivity index (χ1n) is 8.86. The quantitative estimate of drug-likeness (QED) is 0.445. The first-order chi connectivity index (χ1) is 11.3. The lowest BCUT2D eigenvalue weighted by Gasteiger charge is -2.07. The Hall–Kier alpha value is -1.54. The molecule has 23 heavy (non-hydrogen) atoms. The molecule has 0 atom stereocenters. The highest BCUT2D eigenvalue weighted by Crippen LogP contribution is 2.31. The largest absolute Gasteiger partial charge is 0.464 e. The van der Waals surface area contributed by atoms with Crippen molar-refractivity contribution in [2.75, 3.05) is 0 Å². The number of furan rings is 1. The molecule has 122 valence electrons. The van der Waals surface area contributed by atoms with Gasteiger partial charge in [0, 0.05) is 22.2 Å². The molecule has 0 aliphatic heterocycles. The van der Waals surface area contributed by atoms with Crippen molar-refractivity contribution in [1.29, 1.82) is 0 Å². The Kier molecular flexibility index (Phi) is 5.56. The van der Waals surface area contributed by atoms with E-state index < -0.39 is 0 Å². The monoisotopic (exact) mass is 326 g/mol. The Labute approximate surface area is 143 Å². The second kappa shape index (κ2) is 7.83. The van der Waals surface area contributed by atoms with Crippen LogP contribution in [0, 0.1) is 0 Å². The Morgan fingerprint density at radius 2 is 1.74 bits per heavy atom. The summed E-state index contributed by atoms with van der Waals surface area (Å²) in [6.45, 7) is 4.54. The summed E-state index contributed by atoms with van der Waals surface area (Å²) in [4.78, 5) is 1.59. The summed E-state index contributed by atoms with van der Waals surface area (Å²) in [7, 11) is 0. The second-order valence-corrected chi connectivity index (χ2v) is 7.27. The number of hydrogen-bond donors (Lipinski definition) is 0. The van der Waals surface area contributed by atoms with Crippen LogP contribution >= 0.6 is 11.3 Å². The fourth-order valence-electron chi connectivity index (χ4n) is 3.16. The minimum Gasteiger partial charge on any atom is -0.464 e. The Bertz CT molecular complexity index is 725. The van der Waals surface area contributed by atoms with Crippen LogP contribution in [0.15, 0.2) is 40.3 Å². The summed E-state index contributed by atoms with van der Waals surface area (Å²) >= 11 is 1.96. The minimum atomic E-state index is 1.00. The van der Waals surface area contributed by atoms with Crippen LogP contribution in [0.3, 0.4) is 0 Å². The molecule has 0 aliphatic carbocycles. The van der Waals surface area contributed by atoms with E-state index in [9.17, 15) is 0 Å². The highest BCUT2D eigenvalue weighted by Gasteiger charge is 2.14. The number of hydrogen-bond acceptors (Lipinski definition) is 2. The molecule has 2 heteroatoms. The van der Waals surface area contributed by atoms with Gasteiger partial charge in [0.2, 0.25) is 0 Å². The average Bonchev–Trinajstić information content (AvgIpc) is 3.16. The first-order valence-corrected chi connectivity index (χ1v) is 9.74. The lowest BCUT2D eigenvalue weighted by molar-refractivity contribution is 0.611. The molecule has 0 spiro atoms. The van der Waals surface area contributed by atoms with Crippen molar-refractivity contribution < 1.29 is 4.42 Å². The molecule has 0 bridgehead atoms. The number of benzene rings is 1. The van der Waals surface area contributed by atoms with Crippen LogP contribution < -0.4 is 0 Å².